The normalized spacial score (nSPS) is 16.6. The van der Waals surface area contributed by atoms with Gasteiger partial charge in [0.15, 0.2) is 11.6 Å². The van der Waals surface area contributed by atoms with E-state index in [2.05, 4.69) is 0 Å². The van der Waals surface area contributed by atoms with Crippen LogP contribution in [-0.4, -0.2) is 17.8 Å². The van der Waals surface area contributed by atoms with E-state index in [1.54, 1.807) is 6.07 Å². The van der Waals surface area contributed by atoms with E-state index in [4.69, 9.17) is 10.00 Å². The summed E-state index contributed by atoms with van der Waals surface area (Å²) in [5, 5.41) is 18.6. The van der Waals surface area contributed by atoms with E-state index in [1.165, 1.54) is 13.2 Å². The molecule has 0 saturated heterocycles. The lowest BCUT2D eigenvalue weighted by molar-refractivity contribution is 0.151. The first-order chi connectivity index (χ1) is 7.58. The Balaban J connectivity index is 2.34. The summed E-state index contributed by atoms with van der Waals surface area (Å²) in [4.78, 5) is 0. The monoisotopic (exact) mass is 221 g/mol. The van der Waals surface area contributed by atoms with Crippen molar-refractivity contribution in [3.05, 3.63) is 29.1 Å². The van der Waals surface area contributed by atoms with Gasteiger partial charge in [0.05, 0.1) is 18.3 Å². The van der Waals surface area contributed by atoms with Crippen LogP contribution in [0.4, 0.5) is 4.39 Å². The van der Waals surface area contributed by atoms with E-state index < -0.39 is 11.4 Å². The van der Waals surface area contributed by atoms with Crippen LogP contribution in [-0.2, 0) is 6.42 Å². The maximum Gasteiger partial charge on any atom is 0.172 e. The molecule has 0 bridgehead atoms. The molecule has 1 fully saturated rings. The van der Waals surface area contributed by atoms with Crippen LogP contribution in [0.5, 0.6) is 5.75 Å². The molecule has 2 rings (SSSR count). The maximum absolute atomic E-state index is 13.5. The van der Waals surface area contributed by atoms with E-state index >= 15 is 0 Å². The van der Waals surface area contributed by atoms with Crippen molar-refractivity contribution in [2.24, 2.45) is 0 Å². The number of nitrogens with zero attached hydrogens (tertiary/aromatic N) is 1. The Bertz CT molecular complexity index is 461. The highest BCUT2D eigenvalue weighted by Gasteiger charge is 2.40. The third-order valence-electron chi connectivity index (χ3n) is 2.79. The zero-order valence-electron chi connectivity index (χ0n) is 8.96. The molecule has 16 heavy (non-hydrogen) atoms. The lowest BCUT2D eigenvalue weighted by atomic mass is 10.0. The molecule has 1 saturated carbocycles. The fraction of sp³-hybridized carbons (Fsp3) is 0.417. The summed E-state index contributed by atoms with van der Waals surface area (Å²) in [5.41, 5.74) is 0.116. The van der Waals surface area contributed by atoms with Gasteiger partial charge in [0, 0.05) is 6.42 Å². The van der Waals surface area contributed by atoms with Crippen molar-refractivity contribution in [2.75, 3.05) is 7.11 Å². The first kappa shape index (κ1) is 10.9. The molecular weight excluding hydrogens is 209 g/mol. The van der Waals surface area contributed by atoms with E-state index in [-0.39, 0.29) is 11.3 Å². The van der Waals surface area contributed by atoms with Crippen molar-refractivity contribution in [3.63, 3.8) is 0 Å². The Morgan fingerprint density at radius 2 is 2.25 bits per heavy atom. The topological polar surface area (TPSA) is 53.2 Å². The number of methoxy groups -OCH3 is 1. The molecule has 4 heteroatoms. The fourth-order valence-electron chi connectivity index (χ4n) is 1.74. The quantitative estimate of drug-likeness (QED) is 0.846. The maximum atomic E-state index is 13.5. The average molecular weight is 221 g/mol. The number of hydrogen-bond acceptors (Lipinski definition) is 3. The van der Waals surface area contributed by atoms with Crippen LogP contribution < -0.4 is 4.74 Å². The van der Waals surface area contributed by atoms with Crippen LogP contribution in [0.25, 0.3) is 0 Å². The van der Waals surface area contributed by atoms with E-state index in [9.17, 15) is 9.50 Å². The first-order valence-corrected chi connectivity index (χ1v) is 5.07. The van der Waals surface area contributed by atoms with Gasteiger partial charge in [-0.1, -0.05) is 0 Å². The van der Waals surface area contributed by atoms with Gasteiger partial charge < -0.3 is 9.84 Å². The van der Waals surface area contributed by atoms with Gasteiger partial charge in [-0.2, -0.15) is 5.26 Å². The number of halogens is 1. The molecule has 0 unspecified atom stereocenters. The minimum atomic E-state index is -0.687. The Labute approximate surface area is 93.1 Å². The Kier molecular flexibility index (Phi) is 2.56. The van der Waals surface area contributed by atoms with Crippen molar-refractivity contribution in [2.45, 2.75) is 24.9 Å². The summed E-state index contributed by atoms with van der Waals surface area (Å²) in [5.74, 6) is -0.588. The Morgan fingerprint density at radius 1 is 1.56 bits per heavy atom. The van der Waals surface area contributed by atoms with Crippen LogP contribution in [0.15, 0.2) is 12.1 Å². The summed E-state index contributed by atoms with van der Waals surface area (Å²) < 4.78 is 18.3. The number of ether oxygens (including phenoxy) is 1. The molecule has 0 aliphatic heterocycles. The molecule has 0 atom stereocenters. The number of benzene rings is 1. The number of aliphatic hydroxyl groups is 1. The highest BCUT2D eigenvalue weighted by atomic mass is 19.1. The summed E-state index contributed by atoms with van der Waals surface area (Å²) in [6.07, 6.45) is 1.87. The van der Waals surface area contributed by atoms with Crippen molar-refractivity contribution in [1.29, 1.82) is 5.26 Å². The first-order valence-electron chi connectivity index (χ1n) is 5.07. The van der Waals surface area contributed by atoms with Gasteiger partial charge in [0.1, 0.15) is 6.07 Å². The highest BCUT2D eigenvalue weighted by molar-refractivity contribution is 5.47. The second kappa shape index (κ2) is 3.76. The standard InChI is InChI=1S/C12H12FNO2/c1-16-11-9(7-14)4-8(5-10(11)13)6-12(15)2-3-12/h4-5,15H,2-3,6H2,1H3. The van der Waals surface area contributed by atoms with Crippen LogP contribution in [0, 0.1) is 17.1 Å². The summed E-state index contributed by atoms with van der Waals surface area (Å²) in [6, 6.07) is 4.77. The molecule has 0 heterocycles. The van der Waals surface area contributed by atoms with Crippen molar-refractivity contribution >= 4 is 0 Å². The SMILES string of the molecule is COc1c(F)cc(CC2(O)CC2)cc1C#N. The van der Waals surface area contributed by atoms with Crippen LogP contribution in [0.1, 0.15) is 24.0 Å². The van der Waals surface area contributed by atoms with Crippen molar-refractivity contribution < 1.29 is 14.2 Å². The van der Waals surface area contributed by atoms with Gasteiger partial charge in [-0.05, 0) is 30.5 Å². The highest BCUT2D eigenvalue weighted by Crippen LogP contribution is 2.39. The van der Waals surface area contributed by atoms with Gasteiger partial charge in [-0.25, -0.2) is 4.39 Å². The van der Waals surface area contributed by atoms with Crippen molar-refractivity contribution in [1.82, 2.24) is 0 Å². The van der Waals surface area contributed by atoms with Gasteiger partial charge >= 0.3 is 0 Å². The molecule has 3 nitrogen and oxygen atoms in total. The van der Waals surface area contributed by atoms with Crippen LogP contribution >= 0.6 is 0 Å². The number of rotatable bonds is 3. The van der Waals surface area contributed by atoms with E-state index in [1.807, 2.05) is 6.07 Å². The zero-order chi connectivity index (χ0) is 11.8. The third kappa shape index (κ3) is 2.00. The molecule has 0 aromatic heterocycles. The predicted molar refractivity (Wildman–Crippen MR) is 55.6 cm³/mol. The average Bonchev–Trinajstić information content (AvgIpc) is 2.95. The molecule has 84 valence electrons. The molecule has 0 radical (unpaired) electrons. The molecular formula is C12H12FNO2. The second-order valence-electron chi connectivity index (χ2n) is 4.17. The van der Waals surface area contributed by atoms with Gasteiger partial charge in [-0.15, -0.1) is 0 Å². The Morgan fingerprint density at radius 3 is 2.75 bits per heavy atom. The molecule has 1 aliphatic rings. The minimum absolute atomic E-state index is 0.0333. The number of hydrogen-bond donors (Lipinski definition) is 1. The largest absolute Gasteiger partial charge is 0.492 e. The molecule has 1 aliphatic carbocycles. The second-order valence-corrected chi connectivity index (χ2v) is 4.17. The van der Waals surface area contributed by atoms with Gasteiger partial charge in [-0.3, -0.25) is 0 Å². The van der Waals surface area contributed by atoms with Gasteiger partial charge in [0.25, 0.3) is 0 Å². The molecule has 1 aromatic carbocycles. The minimum Gasteiger partial charge on any atom is -0.492 e. The van der Waals surface area contributed by atoms with E-state index in [0.29, 0.717) is 12.0 Å². The predicted octanol–water partition coefficient (Wildman–Crippen LogP) is 1.77. The molecule has 0 spiro atoms. The van der Waals surface area contributed by atoms with Crippen LogP contribution in [0.3, 0.4) is 0 Å². The molecule has 1 aromatic rings. The summed E-state index contributed by atoms with van der Waals surface area (Å²) in [6.45, 7) is 0. The smallest absolute Gasteiger partial charge is 0.172 e. The molecule has 0 amide bonds. The lowest BCUT2D eigenvalue weighted by Gasteiger charge is -2.10. The lowest BCUT2D eigenvalue weighted by Crippen LogP contribution is -2.11. The third-order valence-corrected chi connectivity index (χ3v) is 2.79. The van der Waals surface area contributed by atoms with Crippen molar-refractivity contribution in [3.8, 4) is 11.8 Å². The molecule has 1 N–H and O–H groups in total. The summed E-state index contributed by atoms with van der Waals surface area (Å²) in [7, 11) is 1.33. The summed E-state index contributed by atoms with van der Waals surface area (Å²) >= 11 is 0. The fourth-order valence-corrected chi connectivity index (χ4v) is 1.74. The van der Waals surface area contributed by atoms with Gasteiger partial charge in [0.2, 0.25) is 0 Å². The number of nitriles is 1. The van der Waals surface area contributed by atoms with E-state index in [0.717, 1.165) is 12.8 Å². The van der Waals surface area contributed by atoms with Crippen LogP contribution in [0.2, 0.25) is 0 Å². The zero-order valence-corrected chi connectivity index (χ0v) is 8.96. The Hall–Kier alpha value is -1.60.